The third kappa shape index (κ3) is 6.24. The fourth-order valence-corrected chi connectivity index (χ4v) is 2.90. The molecule has 2 aromatic carbocycles. The topological polar surface area (TPSA) is 76.7 Å². The molecule has 3 rings (SSSR count). The molecule has 2 amide bonds. The first-order valence-electron chi connectivity index (χ1n) is 10.1. The molecule has 29 heavy (non-hydrogen) atoms. The van der Waals surface area contributed by atoms with E-state index in [-0.39, 0.29) is 17.7 Å². The quantitative estimate of drug-likeness (QED) is 0.578. The average molecular weight is 396 g/mol. The van der Waals surface area contributed by atoms with Crippen LogP contribution in [0.1, 0.15) is 38.2 Å². The fourth-order valence-electron chi connectivity index (χ4n) is 2.90. The van der Waals surface area contributed by atoms with Crippen molar-refractivity contribution >= 4 is 23.2 Å². The first-order chi connectivity index (χ1) is 14.1. The zero-order valence-corrected chi connectivity index (χ0v) is 17.0. The van der Waals surface area contributed by atoms with Crippen LogP contribution in [0.25, 0.3) is 0 Å². The van der Waals surface area contributed by atoms with Crippen LogP contribution in [-0.2, 0) is 9.59 Å². The zero-order chi connectivity index (χ0) is 20.6. The fraction of sp³-hybridized carbons (Fsp3) is 0.391. The van der Waals surface area contributed by atoms with Crippen molar-refractivity contribution in [1.82, 2.24) is 0 Å². The van der Waals surface area contributed by atoms with Gasteiger partial charge in [-0.3, -0.25) is 9.59 Å². The summed E-state index contributed by atoms with van der Waals surface area (Å²) in [6.07, 6.45) is 2.84. The number of rotatable bonds is 10. The molecule has 1 saturated carbocycles. The third-order valence-corrected chi connectivity index (χ3v) is 4.68. The lowest BCUT2D eigenvalue weighted by atomic mass is 10.1. The molecule has 0 aliphatic heterocycles. The van der Waals surface area contributed by atoms with E-state index in [0.717, 1.165) is 18.4 Å². The standard InChI is InChI=1S/C23H28N2O4/c1-3-28-20-7-4-5-8-21(20)29-14-6-9-22(26)25-19-15-18(13-10-16(19)2)24-23(27)17-11-12-17/h4-5,7-8,10,13,15,17H,3,6,9,11-12,14H2,1-2H3,(H,24,27)(H,25,26). The molecule has 2 N–H and O–H groups in total. The molecule has 0 heterocycles. The number of para-hydroxylation sites is 2. The summed E-state index contributed by atoms with van der Waals surface area (Å²) < 4.78 is 11.3. The van der Waals surface area contributed by atoms with Gasteiger partial charge in [-0.1, -0.05) is 18.2 Å². The number of hydrogen-bond acceptors (Lipinski definition) is 4. The number of anilines is 2. The van der Waals surface area contributed by atoms with Crippen LogP contribution >= 0.6 is 0 Å². The van der Waals surface area contributed by atoms with Crippen molar-refractivity contribution in [2.24, 2.45) is 5.92 Å². The lowest BCUT2D eigenvalue weighted by Crippen LogP contribution is -2.16. The van der Waals surface area contributed by atoms with Crippen molar-refractivity contribution in [3.8, 4) is 11.5 Å². The van der Waals surface area contributed by atoms with Crippen LogP contribution in [0, 0.1) is 12.8 Å². The van der Waals surface area contributed by atoms with Gasteiger partial charge in [-0.2, -0.15) is 0 Å². The van der Waals surface area contributed by atoms with E-state index in [1.54, 1.807) is 0 Å². The molecule has 0 unspecified atom stereocenters. The predicted molar refractivity (Wildman–Crippen MR) is 114 cm³/mol. The lowest BCUT2D eigenvalue weighted by Gasteiger charge is -2.13. The van der Waals surface area contributed by atoms with Gasteiger partial charge >= 0.3 is 0 Å². The van der Waals surface area contributed by atoms with Gasteiger partial charge in [-0.25, -0.2) is 0 Å². The molecule has 6 nitrogen and oxygen atoms in total. The van der Waals surface area contributed by atoms with E-state index in [9.17, 15) is 9.59 Å². The maximum absolute atomic E-state index is 12.3. The summed E-state index contributed by atoms with van der Waals surface area (Å²) in [7, 11) is 0. The number of carbonyl (C=O) groups excluding carboxylic acids is 2. The maximum atomic E-state index is 12.3. The van der Waals surface area contributed by atoms with E-state index < -0.39 is 0 Å². The van der Waals surface area contributed by atoms with E-state index in [4.69, 9.17) is 9.47 Å². The Hall–Kier alpha value is -3.02. The molecule has 2 aromatic rings. The summed E-state index contributed by atoms with van der Waals surface area (Å²) in [5.41, 5.74) is 2.37. The molecule has 154 valence electrons. The molecule has 1 aliphatic carbocycles. The summed E-state index contributed by atoms with van der Waals surface area (Å²) in [6, 6.07) is 13.1. The Morgan fingerprint density at radius 3 is 2.45 bits per heavy atom. The minimum Gasteiger partial charge on any atom is -0.490 e. The number of hydrogen-bond donors (Lipinski definition) is 2. The number of ether oxygens (including phenoxy) is 2. The summed E-state index contributed by atoms with van der Waals surface area (Å²) in [5.74, 6) is 1.50. The summed E-state index contributed by atoms with van der Waals surface area (Å²) >= 11 is 0. The summed E-state index contributed by atoms with van der Waals surface area (Å²) in [4.78, 5) is 24.2. The van der Waals surface area contributed by atoms with E-state index in [1.807, 2.05) is 56.3 Å². The second-order valence-electron chi connectivity index (χ2n) is 7.17. The molecule has 0 saturated heterocycles. The Bertz CT molecular complexity index is 862. The molecule has 0 spiro atoms. The molecule has 0 radical (unpaired) electrons. The van der Waals surface area contributed by atoms with Crippen molar-refractivity contribution in [3.05, 3.63) is 48.0 Å². The average Bonchev–Trinajstić information content (AvgIpc) is 3.55. The van der Waals surface area contributed by atoms with Crippen LogP contribution in [0.5, 0.6) is 11.5 Å². The zero-order valence-electron chi connectivity index (χ0n) is 17.0. The molecular formula is C23H28N2O4. The van der Waals surface area contributed by atoms with Crippen LogP contribution in [0.15, 0.2) is 42.5 Å². The van der Waals surface area contributed by atoms with Gasteiger partial charge < -0.3 is 20.1 Å². The van der Waals surface area contributed by atoms with Gasteiger partial charge in [0, 0.05) is 23.7 Å². The Kier molecular flexibility index (Phi) is 7.11. The van der Waals surface area contributed by atoms with E-state index in [0.29, 0.717) is 48.9 Å². The van der Waals surface area contributed by atoms with Gasteiger partial charge in [0.25, 0.3) is 0 Å². The van der Waals surface area contributed by atoms with Crippen LogP contribution in [0.2, 0.25) is 0 Å². The highest BCUT2D eigenvalue weighted by Crippen LogP contribution is 2.31. The molecule has 0 atom stereocenters. The first-order valence-corrected chi connectivity index (χ1v) is 10.1. The molecule has 1 aliphatic rings. The summed E-state index contributed by atoms with van der Waals surface area (Å²) in [6.45, 7) is 4.85. The van der Waals surface area contributed by atoms with Crippen LogP contribution in [-0.4, -0.2) is 25.0 Å². The highest BCUT2D eigenvalue weighted by Gasteiger charge is 2.29. The van der Waals surface area contributed by atoms with Gasteiger partial charge in [0.05, 0.1) is 13.2 Å². The number of nitrogens with one attached hydrogen (secondary N) is 2. The Morgan fingerprint density at radius 2 is 1.76 bits per heavy atom. The Labute approximate surface area is 171 Å². The second kappa shape index (κ2) is 9.96. The van der Waals surface area contributed by atoms with Crippen molar-refractivity contribution < 1.29 is 19.1 Å². The monoisotopic (exact) mass is 396 g/mol. The predicted octanol–water partition coefficient (Wildman–Crippen LogP) is 4.54. The lowest BCUT2D eigenvalue weighted by molar-refractivity contribution is -0.117. The van der Waals surface area contributed by atoms with Crippen molar-refractivity contribution in [2.75, 3.05) is 23.8 Å². The highest BCUT2D eigenvalue weighted by molar-refractivity contribution is 5.96. The van der Waals surface area contributed by atoms with Gasteiger partial charge in [-0.05, 0) is 62.9 Å². The van der Waals surface area contributed by atoms with Crippen molar-refractivity contribution in [1.29, 1.82) is 0 Å². The minimum absolute atomic E-state index is 0.0515. The smallest absolute Gasteiger partial charge is 0.227 e. The van der Waals surface area contributed by atoms with Gasteiger partial charge in [0.15, 0.2) is 11.5 Å². The van der Waals surface area contributed by atoms with Crippen molar-refractivity contribution in [3.63, 3.8) is 0 Å². The molecule has 6 heteroatoms. The molecule has 0 aromatic heterocycles. The van der Waals surface area contributed by atoms with Crippen molar-refractivity contribution in [2.45, 2.75) is 39.5 Å². The highest BCUT2D eigenvalue weighted by atomic mass is 16.5. The number of carbonyl (C=O) groups is 2. The van der Waals surface area contributed by atoms with Crippen LogP contribution < -0.4 is 20.1 Å². The first kappa shape index (κ1) is 20.7. The van der Waals surface area contributed by atoms with Gasteiger partial charge in [0.2, 0.25) is 11.8 Å². The minimum atomic E-state index is -0.0829. The van der Waals surface area contributed by atoms with Crippen LogP contribution in [0.4, 0.5) is 11.4 Å². The van der Waals surface area contributed by atoms with E-state index in [1.165, 1.54) is 0 Å². The Morgan fingerprint density at radius 1 is 1.03 bits per heavy atom. The SMILES string of the molecule is CCOc1ccccc1OCCCC(=O)Nc1cc(NC(=O)C2CC2)ccc1C. The second-order valence-corrected chi connectivity index (χ2v) is 7.17. The molecule has 1 fully saturated rings. The summed E-state index contributed by atoms with van der Waals surface area (Å²) in [5, 5.41) is 5.84. The van der Waals surface area contributed by atoms with E-state index >= 15 is 0 Å². The number of amides is 2. The normalized spacial score (nSPS) is 12.9. The maximum Gasteiger partial charge on any atom is 0.227 e. The largest absolute Gasteiger partial charge is 0.490 e. The third-order valence-electron chi connectivity index (χ3n) is 4.68. The molecular weight excluding hydrogens is 368 g/mol. The van der Waals surface area contributed by atoms with Gasteiger partial charge in [0.1, 0.15) is 0 Å². The Balaban J connectivity index is 1.46. The van der Waals surface area contributed by atoms with Gasteiger partial charge in [-0.15, -0.1) is 0 Å². The number of aryl methyl sites for hydroxylation is 1. The molecule has 0 bridgehead atoms. The van der Waals surface area contributed by atoms with Crippen LogP contribution in [0.3, 0.4) is 0 Å². The number of benzene rings is 2. The van der Waals surface area contributed by atoms with E-state index in [2.05, 4.69) is 10.6 Å².